The van der Waals surface area contributed by atoms with E-state index in [0.717, 1.165) is 45.3 Å². The molecule has 2 aliphatic rings. The molecule has 27 heavy (non-hydrogen) atoms. The van der Waals surface area contributed by atoms with Crippen LogP contribution in [0.1, 0.15) is 53.6 Å². The van der Waals surface area contributed by atoms with Crippen LogP contribution in [-0.4, -0.2) is 55.2 Å². The number of likely N-dealkylation sites (tertiary alicyclic amines) is 1. The van der Waals surface area contributed by atoms with E-state index >= 15 is 0 Å². The molecule has 1 aromatic carbocycles. The van der Waals surface area contributed by atoms with Crippen molar-refractivity contribution in [1.29, 1.82) is 0 Å². The Labute approximate surface area is 160 Å². The van der Waals surface area contributed by atoms with Crippen molar-refractivity contribution in [2.24, 2.45) is 0 Å². The highest BCUT2D eigenvalue weighted by Gasteiger charge is 2.19. The zero-order valence-corrected chi connectivity index (χ0v) is 15.9. The van der Waals surface area contributed by atoms with E-state index in [-0.39, 0.29) is 30.4 Å². The van der Waals surface area contributed by atoms with E-state index in [1.807, 2.05) is 17.0 Å². The third-order valence-corrected chi connectivity index (χ3v) is 5.35. The van der Waals surface area contributed by atoms with E-state index in [2.05, 4.69) is 16.7 Å². The summed E-state index contributed by atoms with van der Waals surface area (Å²) < 4.78 is 0. The van der Waals surface area contributed by atoms with Crippen LogP contribution in [0.4, 0.5) is 0 Å². The number of nitrogens with one attached hydrogen (secondary N) is 2. The predicted octanol–water partition coefficient (Wildman–Crippen LogP) is 1.47. The molecule has 3 rings (SSSR count). The maximum Gasteiger partial charge on any atom is 0.222 e. The maximum absolute atomic E-state index is 12.4. The minimum absolute atomic E-state index is 0.0211. The van der Waals surface area contributed by atoms with Gasteiger partial charge in [-0.3, -0.25) is 14.4 Å². The zero-order valence-electron chi connectivity index (χ0n) is 15.9. The first kappa shape index (κ1) is 19.5. The molecule has 1 fully saturated rings. The van der Waals surface area contributed by atoms with Crippen LogP contribution < -0.4 is 10.6 Å². The van der Waals surface area contributed by atoms with E-state index in [0.29, 0.717) is 25.1 Å². The Morgan fingerprint density at radius 2 is 1.89 bits per heavy atom. The van der Waals surface area contributed by atoms with Gasteiger partial charge in [0.05, 0.1) is 0 Å². The van der Waals surface area contributed by atoms with Gasteiger partial charge >= 0.3 is 0 Å². The molecule has 0 atom stereocenters. The van der Waals surface area contributed by atoms with E-state index in [1.54, 1.807) is 0 Å². The van der Waals surface area contributed by atoms with Crippen molar-refractivity contribution in [3.05, 3.63) is 34.9 Å². The van der Waals surface area contributed by atoms with Crippen LogP contribution in [0, 0.1) is 0 Å². The summed E-state index contributed by atoms with van der Waals surface area (Å²) in [5.41, 5.74) is 3.26. The third kappa shape index (κ3) is 5.63. The lowest BCUT2D eigenvalue weighted by Crippen LogP contribution is -2.30. The van der Waals surface area contributed by atoms with E-state index in [4.69, 9.17) is 0 Å². The molecule has 0 saturated carbocycles. The Hall–Kier alpha value is -2.21. The molecule has 2 N–H and O–H groups in total. The number of amides is 2. The molecule has 0 bridgehead atoms. The molecule has 146 valence electrons. The standard InChI is InChI=1S/C21H29N3O3/c25-19(18-5-4-16-8-11-22-12-9-17(16)15-18)6-7-20(26)23-10-2-14-24-13-1-3-21(24)27/h4-5,15,22H,1-3,6-14H2,(H,23,26). The lowest BCUT2D eigenvalue weighted by molar-refractivity contribution is -0.127. The SMILES string of the molecule is O=C(CCC(=O)c1ccc2c(c1)CCNCC2)NCCCN1CCCC1=O. The average Bonchev–Trinajstić information content (AvgIpc) is 2.93. The fraction of sp³-hybridized carbons (Fsp3) is 0.571. The van der Waals surface area contributed by atoms with Gasteiger partial charge < -0.3 is 15.5 Å². The average molecular weight is 371 g/mol. The molecule has 6 heteroatoms. The van der Waals surface area contributed by atoms with Crippen molar-refractivity contribution >= 4 is 17.6 Å². The highest BCUT2D eigenvalue weighted by Crippen LogP contribution is 2.17. The topological polar surface area (TPSA) is 78.5 Å². The van der Waals surface area contributed by atoms with Crippen LogP contribution in [0.2, 0.25) is 0 Å². The first-order valence-electron chi connectivity index (χ1n) is 10.0. The van der Waals surface area contributed by atoms with Gasteiger partial charge in [-0.2, -0.15) is 0 Å². The van der Waals surface area contributed by atoms with Gasteiger partial charge in [0.25, 0.3) is 0 Å². The molecule has 1 aromatic rings. The van der Waals surface area contributed by atoms with Gasteiger partial charge in [0.15, 0.2) is 5.78 Å². The normalized spacial score (nSPS) is 16.7. The molecule has 0 spiro atoms. The highest BCUT2D eigenvalue weighted by atomic mass is 16.2. The number of ketones is 1. The van der Waals surface area contributed by atoms with Gasteiger partial charge in [-0.1, -0.05) is 12.1 Å². The van der Waals surface area contributed by atoms with Gasteiger partial charge in [-0.05, 0) is 56.0 Å². The second kappa shape index (κ2) is 9.65. The Bertz CT molecular complexity index is 702. The molecule has 2 aliphatic heterocycles. The van der Waals surface area contributed by atoms with Crippen molar-refractivity contribution in [2.75, 3.05) is 32.7 Å². The monoisotopic (exact) mass is 371 g/mol. The molecule has 0 radical (unpaired) electrons. The molecule has 1 saturated heterocycles. The first-order chi connectivity index (χ1) is 13.1. The minimum atomic E-state index is -0.102. The summed E-state index contributed by atoms with van der Waals surface area (Å²) in [6.07, 6.45) is 4.71. The summed E-state index contributed by atoms with van der Waals surface area (Å²) in [6, 6.07) is 5.93. The molecule has 2 amide bonds. The summed E-state index contributed by atoms with van der Waals surface area (Å²) >= 11 is 0. The molecule has 0 aliphatic carbocycles. The lowest BCUT2D eigenvalue weighted by atomic mass is 9.97. The smallest absolute Gasteiger partial charge is 0.222 e. The first-order valence-corrected chi connectivity index (χ1v) is 10.0. The van der Waals surface area contributed by atoms with Crippen molar-refractivity contribution in [3.63, 3.8) is 0 Å². The van der Waals surface area contributed by atoms with Crippen LogP contribution >= 0.6 is 0 Å². The van der Waals surface area contributed by atoms with Crippen molar-refractivity contribution in [3.8, 4) is 0 Å². The summed E-state index contributed by atoms with van der Waals surface area (Å²) in [4.78, 5) is 37.8. The molecular formula is C21H29N3O3. The van der Waals surface area contributed by atoms with Crippen molar-refractivity contribution in [1.82, 2.24) is 15.5 Å². The van der Waals surface area contributed by atoms with Crippen LogP contribution in [0.25, 0.3) is 0 Å². The molecule has 2 heterocycles. The van der Waals surface area contributed by atoms with Crippen LogP contribution in [0.3, 0.4) is 0 Å². The third-order valence-electron chi connectivity index (χ3n) is 5.35. The Morgan fingerprint density at radius 1 is 1.07 bits per heavy atom. The fourth-order valence-corrected chi connectivity index (χ4v) is 3.75. The van der Waals surface area contributed by atoms with Crippen molar-refractivity contribution < 1.29 is 14.4 Å². The highest BCUT2D eigenvalue weighted by molar-refractivity contribution is 5.98. The number of hydrogen-bond acceptors (Lipinski definition) is 4. The summed E-state index contributed by atoms with van der Waals surface area (Å²) in [6.45, 7) is 3.99. The van der Waals surface area contributed by atoms with Gasteiger partial charge in [-0.15, -0.1) is 0 Å². The van der Waals surface area contributed by atoms with Gasteiger partial charge in [0.2, 0.25) is 11.8 Å². The number of carbonyl (C=O) groups is 3. The van der Waals surface area contributed by atoms with Gasteiger partial charge in [0, 0.05) is 44.5 Å². The fourth-order valence-electron chi connectivity index (χ4n) is 3.75. The lowest BCUT2D eigenvalue weighted by Gasteiger charge is -2.15. The maximum atomic E-state index is 12.4. The van der Waals surface area contributed by atoms with Gasteiger partial charge in [0.1, 0.15) is 0 Å². The Kier molecular flexibility index (Phi) is 6.98. The zero-order chi connectivity index (χ0) is 19.1. The van der Waals surface area contributed by atoms with E-state index in [1.165, 1.54) is 11.1 Å². The second-order valence-electron chi connectivity index (χ2n) is 7.34. The van der Waals surface area contributed by atoms with E-state index in [9.17, 15) is 14.4 Å². The van der Waals surface area contributed by atoms with E-state index < -0.39 is 0 Å². The van der Waals surface area contributed by atoms with Crippen molar-refractivity contribution in [2.45, 2.75) is 44.9 Å². The largest absolute Gasteiger partial charge is 0.356 e. The predicted molar refractivity (Wildman–Crippen MR) is 104 cm³/mol. The number of carbonyl (C=O) groups excluding carboxylic acids is 3. The molecular weight excluding hydrogens is 342 g/mol. The summed E-state index contributed by atoms with van der Waals surface area (Å²) in [7, 11) is 0. The molecule has 6 nitrogen and oxygen atoms in total. The minimum Gasteiger partial charge on any atom is -0.356 e. The summed E-state index contributed by atoms with van der Waals surface area (Å²) in [5, 5.41) is 6.22. The number of rotatable bonds is 8. The second-order valence-corrected chi connectivity index (χ2v) is 7.34. The van der Waals surface area contributed by atoms with Crippen LogP contribution in [-0.2, 0) is 22.4 Å². The Morgan fingerprint density at radius 3 is 2.67 bits per heavy atom. The van der Waals surface area contributed by atoms with Crippen LogP contribution in [0.15, 0.2) is 18.2 Å². The number of fused-ring (bicyclic) bond motifs is 1. The quantitative estimate of drug-likeness (QED) is 0.536. The number of hydrogen-bond donors (Lipinski definition) is 2. The Balaban J connectivity index is 1.37. The number of Topliss-reactive ketones (excluding diaryl/α,β-unsaturated/α-hetero) is 1. The molecule has 0 unspecified atom stereocenters. The van der Waals surface area contributed by atoms with Crippen LogP contribution in [0.5, 0.6) is 0 Å². The number of nitrogens with zero attached hydrogens (tertiary/aromatic N) is 1. The van der Waals surface area contributed by atoms with Gasteiger partial charge in [-0.25, -0.2) is 0 Å². The molecule has 0 aromatic heterocycles. The summed E-state index contributed by atoms with van der Waals surface area (Å²) in [5.74, 6) is 0.131. The number of benzene rings is 1.